The van der Waals surface area contributed by atoms with E-state index < -0.39 is 10.0 Å². The molecule has 9 heteroatoms. The molecular formula is C14H18N6O2S. The molecule has 2 aromatic heterocycles. The lowest BCUT2D eigenvalue weighted by Crippen LogP contribution is -2.47. The molecule has 0 unspecified atom stereocenters. The molecule has 3 rings (SSSR count). The Labute approximate surface area is 135 Å². The van der Waals surface area contributed by atoms with Crippen molar-refractivity contribution < 1.29 is 8.42 Å². The van der Waals surface area contributed by atoms with E-state index in [-0.39, 0.29) is 5.82 Å². The summed E-state index contributed by atoms with van der Waals surface area (Å²) in [6.07, 6.45) is 2.88. The summed E-state index contributed by atoms with van der Waals surface area (Å²) in [7, 11) is -3.33. The van der Waals surface area contributed by atoms with Crippen molar-refractivity contribution in [3.8, 4) is 0 Å². The Morgan fingerprint density at radius 2 is 1.65 bits per heavy atom. The van der Waals surface area contributed by atoms with Crippen LogP contribution >= 0.6 is 0 Å². The monoisotopic (exact) mass is 334 g/mol. The SMILES string of the molecule is CS(=O)(=O)Nc1ccc(N2CCN(c3ccccn3)CC2)nn1. The highest BCUT2D eigenvalue weighted by Crippen LogP contribution is 2.17. The molecule has 0 amide bonds. The molecule has 3 heterocycles. The fourth-order valence-corrected chi connectivity index (χ4v) is 2.93. The Hall–Kier alpha value is -2.42. The largest absolute Gasteiger partial charge is 0.353 e. The molecule has 8 nitrogen and oxygen atoms in total. The number of nitrogens with zero attached hydrogens (tertiary/aromatic N) is 5. The topological polar surface area (TPSA) is 91.3 Å². The highest BCUT2D eigenvalue weighted by atomic mass is 32.2. The Bertz CT molecular complexity index is 743. The van der Waals surface area contributed by atoms with Crippen molar-refractivity contribution in [2.24, 2.45) is 0 Å². The van der Waals surface area contributed by atoms with Gasteiger partial charge in [-0.05, 0) is 24.3 Å². The van der Waals surface area contributed by atoms with Gasteiger partial charge in [0.25, 0.3) is 0 Å². The third kappa shape index (κ3) is 4.07. The minimum absolute atomic E-state index is 0.225. The molecule has 1 fully saturated rings. The summed E-state index contributed by atoms with van der Waals surface area (Å²) >= 11 is 0. The molecule has 1 saturated heterocycles. The van der Waals surface area contributed by atoms with E-state index in [0.29, 0.717) is 0 Å². The first-order chi connectivity index (χ1) is 11.0. The molecule has 0 atom stereocenters. The second kappa shape index (κ2) is 6.37. The van der Waals surface area contributed by atoms with Gasteiger partial charge in [0.2, 0.25) is 10.0 Å². The van der Waals surface area contributed by atoms with Crippen LogP contribution in [0.4, 0.5) is 17.5 Å². The van der Waals surface area contributed by atoms with Crippen molar-refractivity contribution in [2.75, 3.05) is 47.0 Å². The summed E-state index contributed by atoms with van der Waals surface area (Å²) < 4.78 is 24.6. The third-order valence-corrected chi connectivity index (χ3v) is 4.10. The van der Waals surface area contributed by atoms with Crippen molar-refractivity contribution in [1.82, 2.24) is 15.2 Å². The third-order valence-electron chi connectivity index (χ3n) is 3.52. The molecule has 0 saturated carbocycles. The van der Waals surface area contributed by atoms with E-state index in [2.05, 4.69) is 29.7 Å². The zero-order valence-corrected chi connectivity index (χ0v) is 13.6. The molecule has 23 heavy (non-hydrogen) atoms. The van der Waals surface area contributed by atoms with E-state index in [4.69, 9.17) is 0 Å². The molecule has 2 aromatic rings. The van der Waals surface area contributed by atoms with Crippen LogP contribution in [-0.2, 0) is 10.0 Å². The van der Waals surface area contributed by atoms with Crippen molar-refractivity contribution >= 4 is 27.5 Å². The van der Waals surface area contributed by atoms with Crippen LogP contribution in [0.5, 0.6) is 0 Å². The summed E-state index contributed by atoms with van der Waals surface area (Å²) in [5.74, 6) is 1.94. The average molecular weight is 334 g/mol. The normalized spacial score (nSPS) is 15.5. The van der Waals surface area contributed by atoms with Gasteiger partial charge in [-0.2, -0.15) is 0 Å². The summed E-state index contributed by atoms with van der Waals surface area (Å²) in [4.78, 5) is 8.71. The zero-order chi connectivity index (χ0) is 16.3. The zero-order valence-electron chi connectivity index (χ0n) is 12.8. The fraction of sp³-hybridized carbons (Fsp3) is 0.357. The number of pyridine rings is 1. The lowest BCUT2D eigenvalue weighted by atomic mass is 10.3. The van der Waals surface area contributed by atoms with Crippen LogP contribution in [0.15, 0.2) is 36.5 Å². The van der Waals surface area contributed by atoms with Crippen molar-refractivity contribution in [3.63, 3.8) is 0 Å². The number of hydrogen-bond donors (Lipinski definition) is 1. The number of hydrogen-bond acceptors (Lipinski definition) is 7. The molecule has 0 aliphatic carbocycles. The van der Waals surface area contributed by atoms with Gasteiger partial charge in [-0.15, -0.1) is 10.2 Å². The van der Waals surface area contributed by atoms with Crippen LogP contribution in [0, 0.1) is 0 Å². The van der Waals surface area contributed by atoms with Crippen LogP contribution in [0.1, 0.15) is 0 Å². The van der Waals surface area contributed by atoms with E-state index >= 15 is 0 Å². The Kier molecular flexibility index (Phi) is 4.28. The van der Waals surface area contributed by atoms with Crippen LogP contribution in [-0.4, -0.2) is 56.0 Å². The maximum Gasteiger partial charge on any atom is 0.231 e. The number of nitrogens with one attached hydrogen (secondary N) is 1. The number of aromatic nitrogens is 3. The lowest BCUT2D eigenvalue weighted by molar-refractivity contribution is 0.606. The van der Waals surface area contributed by atoms with Crippen LogP contribution in [0.2, 0.25) is 0 Å². The second-order valence-electron chi connectivity index (χ2n) is 5.31. The Balaban J connectivity index is 1.61. The molecule has 0 radical (unpaired) electrons. The molecule has 1 N–H and O–H groups in total. The van der Waals surface area contributed by atoms with Gasteiger partial charge in [0.05, 0.1) is 6.26 Å². The van der Waals surface area contributed by atoms with Crippen LogP contribution in [0.3, 0.4) is 0 Å². The van der Waals surface area contributed by atoms with Gasteiger partial charge in [-0.3, -0.25) is 4.72 Å². The minimum atomic E-state index is -3.33. The minimum Gasteiger partial charge on any atom is -0.353 e. The van der Waals surface area contributed by atoms with E-state index in [0.717, 1.165) is 44.1 Å². The summed E-state index contributed by atoms with van der Waals surface area (Å²) in [6.45, 7) is 3.32. The predicted octanol–water partition coefficient (Wildman–Crippen LogP) is 0.570. The molecule has 1 aliphatic heterocycles. The van der Waals surface area contributed by atoms with Gasteiger partial charge in [0, 0.05) is 32.4 Å². The predicted molar refractivity (Wildman–Crippen MR) is 89.2 cm³/mol. The molecule has 122 valence electrons. The summed E-state index contributed by atoms with van der Waals surface area (Å²) in [5, 5.41) is 8.01. The van der Waals surface area contributed by atoms with Gasteiger partial charge >= 0.3 is 0 Å². The van der Waals surface area contributed by atoms with Crippen molar-refractivity contribution in [3.05, 3.63) is 36.5 Å². The maximum absolute atomic E-state index is 11.2. The first-order valence-electron chi connectivity index (χ1n) is 7.24. The Morgan fingerprint density at radius 3 is 2.17 bits per heavy atom. The van der Waals surface area contributed by atoms with Gasteiger partial charge in [0.1, 0.15) is 5.82 Å². The highest BCUT2D eigenvalue weighted by molar-refractivity contribution is 7.92. The van der Waals surface area contributed by atoms with E-state index in [9.17, 15) is 8.42 Å². The van der Waals surface area contributed by atoms with Crippen LogP contribution in [0.25, 0.3) is 0 Å². The molecule has 1 aliphatic rings. The fourth-order valence-electron chi connectivity index (χ4n) is 2.44. The van der Waals surface area contributed by atoms with E-state index in [1.54, 1.807) is 18.3 Å². The average Bonchev–Trinajstić information content (AvgIpc) is 2.55. The van der Waals surface area contributed by atoms with Gasteiger partial charge in [-0.25, -0.2) is 13.4 Å². The molecular weight excluding hydrogens is 316 g/mol. The number of anilines is 3. The van der Waals surface area contributed by atoms with Crippen molar-refractivity contribution in [2.45, 2.75) is 0 Å². The molecule has 0 bridgehead atoms. The Morgan fingerprint density at radius 1 is 0.957 bits per heavy atom. The number of sulfonamides is 1. The second-order valence-corrected chi connectivity index (χ2v) is 7.06. The van der Waals surface area contributed by atoms with Crippen molar-refractivity contribution in [1.29, 1.82) is 0 Å². The standard InChI is InChI=1S/C14H18N6O2S/c1-23(21,22)18-12-5-6-14(17-16-12)20-10-8-19(9-11-20)13-4-2-3-7-15-13/h2-7H,8-11H2,1H3,(H,16,18). The smallest absolute Gasteiger partial charge is 0.231 e. The molecule has 0 aromatic carbocycles. The number of piperazine rings is 1. The van der Waals surface area contributed by atoms with Gasteiger partial charge in [0.15, 0.2) is 11.6 Å². The quantitative estimate of drug-likeness (QED) is 0.874. The maximum atomic E-state index is 11.2. The van der Waals surface area contributed by atoms with E-state index in [1.807, 2.05) is 18.2 Å². The number of rotatable bonds is 4. The van der Waals surface area contributed by atoms with Gasteiger partial charge in [-0.1, -0.05) is 6.07 Å². The van der Waals surface area contributed by atoms with Gasteiger partial charge < -0.3 is 9.80 Å². The molecule has 0 spiro atoms. The summed E-state index contributed by atoms with van der Waals surface area (Å²) in [6, 6.07) is 9.28. The highest BCUT2D eigenvalue weighted by Gasteiger charge is 2.19. The van der Waals surface area contributed by atoms with E-state index in [1.165, 1.54) is 0 Å². The van der Waals surface area contributed by atoms with Crippen LogP contribution < -0.4 is 14.5 Å². The first kappa shape index (κ1) is 15.5. The first-order valence-corrected chi connectivity index (χ1v) is 9.13. The summed E-state index contributed by atoms with van der Waals surface area (Å²) in [5.41, 5.74) is 0. The lowest BCUT2D eigenvalue weighted by Gasteiger charge is -2.35.